The highest BCUT2D eigenvalue weighted by Crippen LogP contribution is 2.47. The molecule has 3 unspecified atom stereocenters. The molecule has 9 nitrogen and oxygen atoms in total. The van der Waals surface area contributed by atoms with Gasteiger partial charge in [-0.1, -0.05) is 18.9 Å². The minimum atomic E-state index is -0.938. The number of halogens is 3. The predicted molar refractivity (Wildman–Crippen MR) is 191 cm³/mol. The summed E-state index contributed by atoms with van der Waals surface area (Å²) in [7, 11) is 1.76. The molecular weight excluding hydrogens is 655 g/mol. The molecule has 6 heterocycles. The molecule has 5 atom stereocenters. The molecule has 4 fully saturated rings. The highest BCUT2D eigenvalue weighted by atomic mass is 19.1. The Bertz CT molecular complexity index is 2240. The van der Waals surface area contributed by atoms with E-state index < -0.39 is 17.8 Å². The first-order valence-electron chi connectivity index (χ1n) is 18.1. The summed E-state index contributed by atoms with van der Waals surface area (Å²) < 4.78 is 56.1. The normalized spacial score (nSPS) is 25.5. The van der Waals surface area contributed by atoms with Gasteiger partial charge in [-0.2, -0.15) is 15.1 Å². The molecule has 5 aromatic rings. The van der Waals surface area contributed by atoms with Crippen molar-refractivity contribution in [1.29, 1.82) is 0 Å². The van der Waals surface area contributed by atoms with Gasteiger partial charge in [-0.3, -0.25) is 14.5 Å². The van der Waals surface area contributed by atoms with Gasteiger partial charge < -0.3 is 14.7 Å². The third kappa shape index (κ3) is 5.19. The van der Waals surface area contributed by atoms with E-state index in [0.717, 1.165) is 51.9 Å². The van der Waals surface area contributed by atoms with Gasteiger partial charge in [0, 0.05) is 67.3 Å². The average molecular weight is 696 g/mol. The number of benzene rings is 3. The molecule has 0 radical (unpaired) electrons. The van der Waals surface area contributed by atoms with Crippen molar-refractivity contribution in [2.45, 2.75) is 75.8 Å². The molecule has 4 aliphatic rings. The van der Waals surface area contributed by atoms with Gasteiger partial charge in [0.2, 0.25) is 0 Å². The number of likely N-dealkylation sites (N-methyl/N-ethyl adjacent to an activating group) is 1. The van der Waals surface area contributed by atoms with Crippen molar-refractivity contribution < 1.29 is 23.0 Å². The Labute approximate surface area is 294 Å². The van der Waals surface area contributed by atoms with E-state index in [1.807, 2.05) is 6.20 Å². The van der Waals surface area contributed by atoms with Crippen LogP contribution in [0.1, 0.15) is 51.0 Å². The zero-order valence-electron chi connectivity index (χ0n) is 28.7. The first-order valence-corrected chi connectivity index (χ1v) is 18.1. The number of piperazine rings is 1. The molecule has 2 bridgehead atoms. The van der Waals surface area contributed by atoms with Gasteiger partial charge in [-0.15, -0.1) is 6.42 Å². The number of terminal acetylenes is 1. The second-order valence-corrected chi connectivity index (χ2v) is 14.6. The topological polar surface area (TPSA) is 82.8 Å². The van der Waals surface area contributed by atoms with Gasteiger partial charge in [0.15, 0.2) is 5.82 Å². The van der Waals surface area contributed by atoms with Crippen molar-refractivity contribution in [1.82, 2.24) is 29.5 Å². The number of anilines is 1. The number of hydrogen-bond donors (Lipinski definition) is 1. The number of alkyl halides is 1. The Morgan fingerprint density at radius 1 is 1.00 bits per heavy atom. The Morgan fingerprint density at radius 2 is 1.80 bits per heavy atom. The lowest BCUT2D eigenvalue weighted by molar-refractivity contribution is 0.0909. The summed E-state index contributed by atoms with van der Waals surface area (Å²) in [4.78, 5) is 16.9. The lowest BCUT2D eigenvalue weighted by Crippen LogP contribution is -2.54. The quantitative estimate of drug-likeness (QED) is 0.214. The van der Waals surface area contributed by atoms with E-state index in [9.17, 15) is 9.50 Å². The molecule has 264 valence electrons. The van der Waals surface area contributed by atoms with Gasteiger partial charge >= 0.3 is 6.01 Å². The van der Waals surface area contributed by atoms with E-state index in [1.165, 1.54) is 24.3 Å². The number of fused-ring (bicyclic) bond motifs is 7. The Balaban J connectivity index is 1.31. The van der Waals surface area contributed by atoms with Crippen LogP contribution in [0.3, 0.4) is 0 Å². The molecule has 51 heavy (non-hydrogen) atoms. The molecule has 3 aromatic carbocycles. The van der Waals surface area contributed by atoms with Gasteiger partial charge in [-0.05, 0) is 80.8 Å². The second-order valence-electron chi connectivity index (χ2n) is 14.6. The van der Waals surface area contributed by atoms with Crippen molar-refractivity contribution in [2.24, 2.45) is 7.05 Å². The SMILES string of the molecule is C#Cc1c(F)ccc2cc(O)cc(-c3c(F)c4nc(OC5CC[C@@H](F)CN6CCC[C@H]56)nc(N5C6CCC5CN(CC)C6)c4c4cn(C)nc34)c12. The molecule has 12 heteroatoms. The van der Waals surface area contributed by atoms with Crippen molar-refractivity contribution >= 4 is 38.4 Å². The van der Waals surface area contributed by atoms with Crippen LogP contribution in [0.2, 0.25) is 0 Å². The first-order chi connectivity index (χ1) is 24.7. The number of phenols is 1. The molecule has 9 rings (SSSR count). The zero-order chi connectivity index (χ0) is 35.1. The summed E-state index contributed by atoms with van der Waals surface area (Å²) in [6, 6.07) is 6.04. The maximum atomic E-state index is 17.7. The van der Waals surface area contributed by atoms with Gasteiger partial charge in [0.05, 0.1) is 10.9 Å². The van der Waals surface area contributed by atoms with Crippen molar-refractivity contribution in [2.75, 3.05) is 37.6 Å². The summed E-state index contributed by atoms with van der Waals surface area (Å²) in [5.74, 6) is 1.58. The first kappa shape index (κ1) is 32.3. The van der Waals surface area contributed by atoms with E-state index >= 15 is 8.78 Å². The molecule has 2 aromatic heterocycles. The Kier molecular flexibility index (Phi) is 7.78. The minimum Gasteiger partial charge on any atom is -0.508 e. The molecule has 0 saturated carbocycles. The number of aromatic nitrogens is 4. The summed E-state index contributed by atoms with van der Waals surface area (Å²) in [6.07, 6.45) is 11.0. The third-order valence-electron chi connectivity index (χ3n) is 11.6. The number of ether oxygens (including phenoxy) is 1. The average Bonchev–Trinajstić information content (AvgIpc) is 3.78. The predicted octanol–water partition coefficient (Wildman–Crippen LogP) is 6.32. The van der Waals surface area contributed by atoms with Crippen LogP contribution < -0.4 is 9.64 Å². The number of nitrogens with zero attached hydrogens (tertiary/aromatic N) is 7. The number of likely N-dealkylation sites (tertiary alicyclic amines) is 1. The molecule has 1 N–H and O–H groups in total. The van der Waals surface area contributed by atoms with Gasteiger partial charge in [0.1, 0.15) is 40.7 Å². The van der Waals surface area contributed by atoms with Crippen LogP contribution in [-0.2, 0) is 7.05 Å². The van der Waals surface area contributed by atoms with E-state index in [2.05, 4.69) is 27.5 Å². The van der Waals surface area contributed by atoms with Crippen LogP contribution in [0.4, 0.5) is 19.0 Å². The largest absolute Gasteiger partial charge is 0.508 e. The van der Waals surface area contributed by atoms with Crippen LogP contribution >= 0.6 is 0 Å². The van der Waals surface area contributed by atoms with E-state index in [1.54, 1.807) is 11.7 Å². The Morgan fingerprint density at radius 3 is 2.57 bits per heavy atom. The zero-order valence-corrected chi connectivity index (χ0v) is 28.7. The number of hydrogen-bond acceptors (Lipinski definition) is 8. The summed E-state index contributed by atoms with van der Waals surface area (Å²) in [5.41, 5.74) is 0.577. The third-order valence-corrected chi connectivity index (χ3v) is 11.6. The van der Waals surface area contributed by atoms with Crippen molar-refractivity contribution in [3.63, 3.8) is 0 Å². The van der Waals surface area contributed by atoms with Gasteiger partial charge in [-0.25, -0.2) is 13.2 Å². The highest BCUT2D eigenvalue weighted by Gasteiger charge is 2.43. The monoisotopic (exact) mass is 695 g/mol. The number of phenolic OH excluding ortho intramolecular Hbond substituents is 1. The smallest absolute Gasteiger partial charge is 0.319 e. The molecule has 0 spiro atoms. The molecule has 4 saturated heterocycles. The fourth-order valence-corrected chi connectivity index (χ4v) is 9.41. The lowest BCUT2D eigenvalue weighted by atomic mass is 9.91. The fourth-order valence-electron chi connectivity index (χ4n) is 9.41. The number of aromatic hydroxyl groups is 1. The maximum Gasteiger partial charge on any atom is 0.319 e. The highest BCUT2D eigenvalue weighted by molar-refractivity contribution is 6.18. The van der Waals surface area contributed by atoms with Crippen LogP contribution in [0.25, 0.3) is 43.7 Å². The second kappa shape index (κ2) is 12.3. The van der Waals surface area contributed by atoms with Gasteiger partial charge in [0.25, 0.3) is 0 Å². The summed E-state index contributed by atoms with van der Waals surface area (Å²) in [5, 5.41) is 17.5. The maximum absolute atomic E-state index is 17.7. The molecule has 0 aliphatic carbocycles. The lowest BCUT2D eigenvalue weighted by Gasteiger charge is -2.42. The van der Waals surface area contributed by atoms with Crippen LogP contribution in [-0.4, -0.2) is 97.8 Å². The van der Waals surface area contributed by atoms with E-state index in [-0.39, 0.29) is 58.2 Å². The van der Waals surface area contributed by atoms with E-state index in [0.29, 0.717) is 52.3 Å². The van der Waals surface area contributed by atoms with Crippen LogP contribution in [0.5, 0.6) is 11.8 Å². The van der Waals surface area contributed by atoms with E-state index in [4.69, 9.17) is 26.2 Å². The number of aryl methyl sites for hydroxylation is 1. The molecule has 4 aliphatic heterocycles. The van der Waals surface area contributed by atoms with Crippen molar-refractivity contribution in [3.05, 3.63) is 47.7 Å². The minimum absolute atomic E-state index is 0.0229. The standard InChI is InChI=1S/C39H40F3N7O2/c1-4-26-29(41)12-8-21-15-25(50)16-27(32(21)26)33-35(42)37-34(28-20-46(3)45-36(28)33)38(49-23-10-11-24(49)19-47(5-2)18-23)44-39(43-37)51-31-13-9-22(40)17-48-14-6-7-30(31)48/h1,8,12,15-16,20,22-24,30-31,50H,5-7,9-11,13-14,17-19H2,2-3H3/t22-,23?,24?,30-,31?/m1/s1. The Hall–Kier alpha value is -4.60. The number of rotatable bonds is 5. The van der Waals surface area contributed by atoms with Crippen LogP contribution in [0.15, 0.2) is 30.5 Å². The summed E-state index contributed by atoms with van der Waals surface area (Å²) >= 11 is 0. The van der Waals surface area contributed by atoms with Crippen LogP contribution in [0, 0.1) is 24.0 Å². The molecular formula is C39H40F3N7O2. The summed E-state index contributed by atoms with van der Waals surface area (Å²) in [6.45, 7) is 6.03. The molecule has 0 amide bonds. The van der Waals surface area contributed by atoms with Crippen molar-refractivity contribution in [3.8, 4) is 35.2 Å². The fraction of sp³-hybridized carbons (Fsp3) is 0.462.